The highest BCUT2D eigenvalue weighted by Gasteiger charge is 2.23. The lowest BCUT2D eigenvalue weighted by Crippen LogP contribution is -2.45. The second-order valence-corrected chi connectivity index (χ2v) is 9.39. The van der Waals surface area contributed by atoms with Crippen molar-refractivity contribution in [2.45, 2.75) is 32.7 Å². The van der Waals surface area contributed by atoms with Crippen LogP contribution in [0.25, 0.3) is 10.9 Å². The first-order chi connectivity index (χ1) is 15.9. The number of rotatable bonds is 4. The van der Waals surface area contributed by atoms with E-state index in [1.54, 1.807) is 7.11 Å². The number of H-pyrrole nitrogens is 1. The number of nitrogens with zero attached hydrogens (tertiary/aromatic N) is 5. The fraction of sp³-hybridized carbons (Fsp3) is 0.480. The van der Waals surface area contributed by atoms with E-state index in [0.717, 1.165) is 62.0 Å². The number of aromatic amines is 1. The molecule has 33 heavy (non-hydrogen) atoms. The number of hydrogen-bond donors (Lipinski definition) is 1. The van der Waals surface area contributed by atoms with E-state index >= 15 is 0 Å². The van der Waals surface area contributed by atoms with Crippen LogP contribution in [0.15, 0.2) is 29.1 Å². The minimum Gasteiger partial charge on any atom is -0.497 e. The number of benzene rings is 1. The van der Waals surface area contributed by atoms with E-state index in [2.05, 4.69) is 52.7 Å². The van der Waals surface area contributed by atoms with Gasteiger partial charge in [-0.25, -0.2) is 9.97 Å². The number of ether oxygens (including phenoxy) is 1. The van der Waals surface area contributed by atoms with Crippen molar-refractivity contribution in [1.82, 2.24) is 19.9 Å². The van der Waals surface area contributed by atoms with Crippen LogP contribution in [0.1, 0.15) is 36.6 Å². The van der Waals surface area contributed by atoms with Crippen molar-refractivity contribution in [1.29, 1.82) is 0 Å². The Hall–Kier alpha value is -3.13. The number of likely N-dealkylation sites (N-methyl/N-ethyl adjacent to an activating group) is 1. The summed E-state index contributed by atoms with van der Waals surface area (Å²) in [5.74, 6) is 2.59. The van der Waals surface area contributed by atoms with Gasteiger partial charge in [0.2, 0.25) is 5.95 Å². The first-order valence-corrected chi connectivity index (χ1v) is 11.7. The standard InChI is InChI=1S/C25H32N6O2/c1-16(2)19-13-18(33-4)14-21-23(19)24(32)28-25(27-21)31-8-7-20-17(15-31)5-6-22(26-20)30-11-9-29(3)10-12-30/h5-6,13-14,16H,7-12,15H2,1-4H3,(H,27,28,32). The van der Waals surface area contributed by atoms with Crippen molar-refractivity contribution in [3.05, 3.63) is 51.4 Å². The maximum absolute atomic E-state index is 13.1. The van der Waals surface area contributed by atoms with Gasteiger partial charge in [-0.2, -0.15) is 0 Å². The van der Waals surface area contributed by atoms with Crippen LogP contribution in [0.4, 0.5) is 11.8 Å². The monoisotopic (exact) mass is 448 g/mol. The minimum atomic E-state index is -0.101. The molecule has 1 saturated heterocycles. The van der Waals surface area contributed by atoms with Crippen LogP contribution >= 0.6 is 0 Å². The van der Waals surface area contributed by atoms with Gasteiger partial charge >= 0.3 is 0 Å². The molecule has 0 saturated carbocycles. The fourth-order valence-electron chi connectivity index (χ4n) is 4.78. The van der Waals surface area contributed by atoms with Crippen LogP contribution in [-0.4, -0.2) is 66.7 Å². The van der Waals surface area contributed by atoms with Crippen LogP contribution in [-0.2, 0) is 13.0 Å². The van der Waals surface area contributed by atoms with Crippen molar-refractivity contribution >= 4 is 22.7 Å². The smallest absolute Gasteiger partial charge is 0.260 e. The van der Waals surface area contributed by atoms with Crippen LogP contribution in [0.2, 0.25) is 0 Å². The highest BCUT2D eigenvalue weighted by Crippen LogP contribution is 2.29. The summed E-state index contributed by atoms with van der Waals surface area (Å²) >= 11 is 0. The molecule has 4 heterocycles. The molecule has 8 nitrogen and oxygen atoms in total. The predicted octanol–water partition coefficient (Wildman–Crippen LogP) is 2.76. The molecule has 3 aromatic rings. The topological polar surface area (TPSA) is 77.6 Å². The Bertz CT molecular complexity index is 1230. The summed E-state index contributed by atoms with van der Waals surface area (Å²) < 4.78 is 5.47. The van der Waals surface area contributed by atoms with Crippen molar-refractivity contribution in [2.24, 2.45) is 0 Å². The third kappa shape index (κ3) is 4.15. The number of hydrogen-bond acceptors (Lipinski definition) is 7. The first-order valence-electron chi connectivity index (χ1n) is 11.7. The van der Waals surface area contributed by atoms with Crippen molar-refractivity contribution in [2.75, 3.05) is 56.7 Å². The number of pyridine rings is 1. The molecule has 2 aliphatic heterocycles. The molecule has 2 aliphatic rings. The van der Waals surface area contributed by atoms with Gasteiger partial charge in [0.15, 0.2) is 0 Å². The molecule has 1 N–H and O–H groups in total. The molecule has 1 fully saturated rings. The molecule has 2 aromatic heterocycles. The van der Waals surface area contributed by atoms with Gasteiger partial charge in [0.05, 0.1) is 18.0 Å². The molecule has 1 aromatic carbocycles. The molecule has 0 bridgehead atoms. The number of anilines is 2. The molecule has 0 unspecified atom stereocenters. The maximum Gasteiger partial charge on any atom is 0.260 e. The van der Waals surface area contributed by atoms with E-state index in [1.807, 2.05) is 12.1 Å². The summed E-state index contributed by atoms with van der Waals surface area (Å²) in [5.41, 5.74) is 3.86. The Morgan fingerprint density at radius 2 is 1.82 bits per heavy atom. The summed E-state index contributed by atoms with van der Waals surface area (Å²) in [4.78, 5) is 32.8. The molecule has 0 radical (unpaired) electrons. The van der Waals surface area contributed by atoms with Crippen molar-refractivity contribution < 1.29 is 4.74 Å². The Morgan fingerprint density at radius 3 is 2.55 bits per heavy atom. The lowest BCUT2D eigenvalue weighted by molar-refractivity contribution is 0.312. The Balaban J connectivity index is 1.43. The van der Waals surface area contributed by atoms with E-state index in [9.17, 15) is 4.79 Å². The maximum atomic E-state index is 13.1. The van der Waals surface area contributed by atoms with Gasteiger partial charge in [-0.3, -0.25) is 9.78 Å². The Morgan fingerprint density at radius 1 is 1.03 bits per heavy atom. The van der Waals surface area contributed by atoms with Crippen molar-refractivity contribution in [3.8, 4) is 5.75 Å². The first kappa shape index (κ1) is 21.7. The summed E-state index contributed by atoms with van der Waals surface area (Å²) in [6.07, 6.45) is 0.827. The molecular formula is C25H32N6O2. The largest absolute Gasteiger partial charge is 0.497 e. The number of methoxy groups -OCH3 is 1. The van der Waals surface area contributed by atoms with Crippen molar-refractivity contribution in [3.63, 3.8) is 0 Å². The van der Waals surface area contributed by atoms with Gasteiger partial charge in [0, 0.05) is 57.4 Å². The average Bonchev–Trinajstić information content (AvgIpc) is 2.82. The molecule has 0 spiro atoms. The second-order valence-electron chi connectivity index (χ2n) is 9.39. The van der Waals surface area contributed by atoms with Gasteiger partial charge in [-0.05, 0) is 36.2 Å². The Labute approximate surface area is 194 Å². The zero-order valence-electron chi connectivity index (χ0n) is 19.9. The third-order valence-electron chi connectivity index (χ3n) is 6.82. The van der Waals surface area contributed by atoms with Crippen LogP contribution in [0.5, 0.6) is 5.75 Å². The minimum absolute atomic E-state index is 0.101. The van der Waals surface area contributed by atoms with E-state index in [4.69, 9.17) is 14.7 Å². The lowest BCUT2D eigenvalue weighted by Gasteiger charge is -2.34. The summed E-state index contributed by atoms with van der Waals surface area (Å²) in [6.45, 7) is 9.76. The van der Waals surface area contributed by atoms with Gasteiger partial charge in [-0.1, -0.05) is 19.9 Å². The summed E-state index contributed by atoms with van der Waals surface area (Å²) in [6, 6.07) is 8.09. The van der Waals surface area contributed by atoms with Crippen LogP contribution in [0.3, 0.4) is 0 Å². The lowest BCUT2D eigenvalue weighted by atomic mass is 9.98. The number of nitrogens with one attached hydrogen (secondary N) is 1. The zero-order chi connectivity index (χ0) is 23.1. The Kier molecular flexibility index (Phi) is 5.70. The molecular weight excluding hydrogens is 416 g/mol. The highest BCUT2D eigenvalue weighted by atomic mass is 16.5. The molecule has 0 amide bonds. The molecule has 5 rings (SSSR count). The number of piperazine rings is 1. The molecule has 8 heteroatoms. The normalized spacial score (nSPS) is 17.0. The average molecular weight is 449 g/mol. The van der Waals surface area contributed by atoms with Gasteiger partial charge in [0.25, 0.3) is 5.56 Å². The highest BCUT2D eigenvalue weighted by molar-refractivity contribution is 5.84. The van der Waals surface area contributed by atoms with Gasteiger partial charge in [-0.15, -0.1) is 0 Å². The predicted molar refractivity (Wildman–Crippen MR) is 132 cm³/mol. The quantitative estimate of drug-likeness (QED) is 0.658. The van der Waals surface area contributed by atoms with Gasteiger partial charge in [0.1, 0.15) is 11.6 Å². The van der Waals surface area contributed by atoms with Crippen LogP contribution < -0.4 is 20.1 Å². The number of fused-ring (bicyclic) bond motifs is 2. The zero-order valence-corrected chi connectivity index (χ0v) is 19.9. The van der Waals surface area contributed by atoms with Gasteiger partial charge < -0.3 is 19.4 Å². The SMILES string of the molecule is COc1cc(C(C)C)c2c(=O)[nH]c(N3CCc4nc(N5CCN(C)CC5)ccc4C3)nc2c1. The van der Waals surface area contributed by atoms with E-state index in [0.29, 0.717) is 23.4 Å². The second kappa shape index (κ2) is 8.67. The van der Waals surface area contributed by atoms with E-state index in [-0.39, 0.29) is 11.5 Å². The van der Waals surface area contributed by atoms with E-state index in [1.165, 1.54) is 5.56 Å². The van der Waals surface area contributed by atoms with E-state index < -0.39 is 0 Å². The third-order valence-corrected chi connectivity index (χ3v) is 6.82. The van der Waals surface area contributed by atoms with Crippen LogP contribution in [0, 0.1) is 0 Å². The molecule has 0 atom stereocenters. The molecule has 174 valence electrons. The summed E-state index contributed by atoms with van der Waals surface area (Å²) in [7, 11) is 3.81. The number of aromatic nitrogens is 3. The fourth-order valence-corrected chi connectivity index (χ4v) is 4.78. The summed E-state index contributed by atoms with van der Waals surface area (Å²) in [5, 5.41) is 0.644. The molecule has 0 aliphatic carbocycles.